The Balaban J connectivity index is 3.08. The van der Waals surface area contributed by atoms with Gasteiger partial charge in [-0.25, -0.2) is 0 Å². The minimum atomic E-state index is -0.209. The van der Waals surface area contributed by atoms with Gasteiger partial charge < -0.3 is 15.7 Å². The molecular weight excluding hydrogens is 152 g/mol. The minimum absolute atomic E-state index is 0.209. The lowest BCUT2D eigenvalue weighted by Crippen LogP contribution is -2.31. The van der Waals surface area contributed by atoms with E-state index in [4.69, 9.17) is 0 Å². The first kappa shape index (κ1) is 11.9. The van der Waals surface area contributed by atoms with Gasteiger partial charge in [-0.05, 0) is 32.5 Å². The summed E-state index contributed by atoms with van der Waals surface area (Å²) in [5, 5.41) is 15.7. The molecule has 1 unspecified atom stereocenters. The largest absolute Gasteiger partial charge is 0.392 e. The summed E-state index contributed by atoms with van der Waals surface area (Å²) in [6, 6.07) is 0. The Bertz CT molecular complexity index is 96.5. The van der Waals surface area contributed by atoms with Gasteiger partial charge in [0.2, 0.25) is 0 Å². The van der Waals surface area contributed by atoms with E-state index < -0.39 is 0 Å². The predicted octanol–water partition coefficient (Wildman–Crippen LogP) is 0.202. The molecule has 0 aliphatic heterocycles. The highest BCUT2D eigenvalue weighted by Gasteiger charge is 2.06. The van der Waals surface area contributed by atoms with Gasteiger partial charge in [0.25, 0.3) is 0 Å². The zero-order chi connectivity index (χ0) is 9.40. The lowest BCUT2D eigenvalue weighted by molar-refractivity contribution is 0.124. The molecule has 0 amide bonds. The summed E-state index contributed by atoms with van der Waals surface area (Å²) >= 11 is 0. The van der Waals surface area contributed by atoms with E-state index >= 15 is 0 Å². The smallest absolute Gasteiger partial charge is 0.0687 e. The van der Waals surface area contributed by atoms with Crippen LogP contribution in [-0.2, 0) is 0 Å². The third kappa shape index (κ3) is 6.58. The monoisotopic (exact) mass is 174 g/mol. The lowest BCUT2D eigenvalue weighted by atomic mass is 10.1. The van der Waals surface area contributed by atoms with Crippen molar-refractivity contribution in [2.24, 2.45) is 5.92 Å². The molecule has 74 valence electrons. The van der Waals surface area contributed by atoms with Crippen molar-refractivity contribution in [3.8, 4) is 0 Å². The first-order valence-electron chi connectivity index (χ1n) is 4.72. The van der Waals surface area contributed by atoms with E-state index in [0.717, 1.165) is 19.5 Å². The van der Waals surface area contributed by atoms with Crippen LogP contribution < -0.4 is 10.6 Å². The van der Waals surface area contributed by atoms with Crippen molar-refractivity contribution in [2.45, 2.75) is 26.4 Å². The van der Waals surface area contributed by atoms with Gasteiger partial charge in [0.05, 0.1) is 6.10 Å². The van der Waals surface area contributed by atoms with Crippen LogP contribution in [0.25, 0.3) is 0 Å². The Kier molecular flexibility index (Phi) is 7.45. The van der Waals surface area contributed by atoms with Crippen molar-refractivity contribution in [1.29, 1.82) is 0 Å². The second-order valence-electron chi connectivity index (χ2n) is 3.47. The molecule has 0 spiro atoms. The molecule has 0 aromatic carbocycles. The van der Waals surface area contributed by atoms with Crippen LogP contribution in [0.4, 0.5) is 0 Å². The van der Waals surface area contributed by atoms with Gasteiger partial charge in [-0.2, -0.15) is 0 Å². The molecule has 0 fully saturated rings. The third-order valence-electron chi connectivity index (χ3n) is 1.90. The van der Waals surface area contributed by atoms with Crippen molar-refractivity contribution in [3.63, 3.8) is 0 Å². The molecule has 0 bridgehead atoms. The molecule has 0 rings (SSSR count). The lowest BCUT2D eigenvalue weighted by Gasteiger charge is -2.14. The fourth-order valence-corrected chi connectivity index (χ4v) is 0.876. The molecule has 0 saturated heterocycles. The molecule has 0 heterocycles. The number of aliphatic hydroxyl groups excluding tert-OH is 1. The number of hydrogen-bond donors (Lipinski definition) is 3. The Morgan fingerprint density at radius 2 is 1.92 bits per heavy atom. The summed E-state index contributed by atoms with van der Waals surface area (Å²) < 4.78 is 0. The fraction of sp³-hybridized carbons (Fsp3) is 1.00. The van der Waals surface area contributed by atoms with Crippen LogP contribution in [0, 0.1) is 5.92 Å². The molecule has 0 radical (unpaired) electrons. The summed E-state index contributed by atoms with van der Waals surface area (Å²) in [5.41, 5.74) is 0. The molecule has 1 atom stereocenters. The first-order valence-corrected chi connectivity index (χ1v) is 4.72. The number of aliphatic hydroxyl groups is 1. The average molecular weight is 174 g/mol. The Hall–Kier alpha value is -0.120. The van der Waals surface area contributed by atoms with Gasteiger partial charge in [-0.15, -0.1) is 0 Å². The van der Waals surface area contributed by atoms with E-state index in [1.54, 1.807) is 0 Å². The van der Waals surface area contributed by atoms with Crippen molar-refractivity contribution < 1.29 is 5.11 Å². The molecule has 3 nitrogen and oxygen atoms in total. The predicted molar refractivity (Wildman–Crippen MR) is 52.3 cm³/mol. The zero-order valence-electron chi connectivity index (χ0n) is 8.43. The van der Waals surface area contributed by atoms with E-state index in [-0.39, 0.29) is 6.10 Å². The van der Waals surface area contributed by atoms with Crippen molar-refractivity contribution in [1.82, 2.24) is 10.6 Å². The highest BCUT2D eigenvalue weighted by molar-refractivity contribution is 4.62. The Labute approximate surface area is 75.6 Å². The van der Waals surface area contributed by atoms with E-state index in [2.05, 4.69) is 10.6 Å². The topological polar surface area (TPSA) is 44.3 Å². The maximum Gasteiger partial charge on any atom is 0.0687 e. The number of hydrogen-bond acceptors (Lipinski definition) is 3. The first-order chi connectivity index (χ1) is 5.68. The molecule has 3 heteroatoms. The molecule has 0 aromatic rings. The van der Waals surface area contributed by atoms with Gasteiger partial charge >= 0.3 is 0 Å². The van der Waals surface area contributed by atoms with E-state index in [1.807, 2.05) is 20.9 Å². The molecule has 0 saturated carbocycles. The molecule has 0 aliphatic rings. The number of nitrogens with one attached hydrogen (secondary N) is 2. The highest BCUT2D eigenvalue weighted by Crippen LogP contribution is 1.98. The maximum absolute atomic E-state index is 9.40. The van der Waals surface area contributed by atoms with Gasteiger partial charge in [0.1, 0.15) is 0 Å². The molecule has 3 N–H and O–H groups in total. The molecule has 0 aliphatic carbocycles. The van der Waals surface area contributed by atoms with Crippen molar-refractivity contribution >= 4 is 0 Å². The summed E-state index contributed by atoms with van der Waals surface area (Å²) in [6.07, 6.45) is 0.904. The van der Waals surface area contributed by atoms with Gasteiger partial charge in [0, 0.05) is 6.54 Å². The summed E-state index contributed by atoms with van der Waals surface area (Å²) in [4.78, 5) is 0. The molecular formula is C9H22N2O. The molecule has 12 heavy (non-hydrogen) atoms. The normalized spacial score (nSPS) is 13.8. The number of rotatable bonds is 7. The SMILES string of the molecule is CNCCCNCC(O)C(C)C. The highest BCUT2D eigenvalue weighted by atomic mass is 16.3. The maximum atomic E-state index is 9.40. The summed E-state index contributed by atoms with van der Waals surface area (Å²) in [6.45, 7) is 6.77. The summed E-state index contributed by atoms with van der Waals surface area (Å²) in [7, 11) is 1.95. The third-order valence-corrected chi connectivity index (χ3v) is 1.90. The van der Waals surface area contributed by atoms with E-state index in [0.29, 0.717) is 12.5 Å². The Morgan fingerprint density at radius 1 is 1.25 bits per heavy atom. The molecule has 0 aromatic heterocycles. The van der Waals surface area contributed by atoms with Crippen molar-refractivity contribution in [2.75, 3.05) is 26.7 Å². The van der Waals surface area contributed by atoms with Crippen LogP contribution in [0.1, 0.15) is 20.3 Å². The van der Waals surface area contributed by atoms with E-state index in [1.165, 1.54) is 0 Å². The van der Waals surface area contributed by atoms with Crippen LogP contribution in [0.3, 0.4) is 0 Å². The van der Waals surface area contributed by atoms with Crippen molar-refractivity contribution in [3.05, 3.63) is 0 Å². The summed E-state index contributed by atoms with van der Waals surface area (Å²) in [5.74, 6) is 0.349. The van der Waals surface area contributed by atoms with Gasteiger partial charge in [-0.3, -0.25) is 0 Å². The van der Waals surface area contributed by atoms with Gasteiger partial charge in [0.15, 0.2) is 0 Å². The second-order valence-corrected chi connectivity index (χ2v) is 3.47. The van der Waals surface area contributed by atoms with Crippen LogP contribution in [0.15, 0.2) is 0 Å². The van der Waals surface area contributed by atoms with Crippen LogP contribution in [-0.4, -0.2) is 37.9 Å². The van der Waals surface area contributed by atoms with E-state index in [9.17, 15) is 5.11 Å². The minimum Gasteiger partial charge on any atom is -0.392 e. The van der Waals surface area contributed by atoms with Crippen LogP contribution >= 0.6 is 0 Å². The second kappa shape index (κ2) is 7.53. The quantitative estimate of drug-likeness (QED) is 0.483. The van der Waals surface area contributed by atoms with Crippen LogP contribution in [0.5, 0.6) is 0 Å². The average Bonchev–Trinajstić information content (AvgIpc) is 2.03. The van der Waals surface area contributed by atoms with Crippen LogP contribution in [0.2, 0.25) is 0 Å². The van der Waals surface area contributed by atoms with Gasteiger partial charge in [-0.1, -0.05) is 13.8 Å². The standard InChI is InChI=1S/C9H22N2O/c1-8(2)9(12)7-11-6-4-5-10-3/h8-12H,4-7H2,1-3H3. The zero-order valence-corrected chi connectivity index (χ0v) is 8.43. The Morgan fingerprint density at radius 3 is 2.42 bits per heavy atom. The fourth-order valence-electron chi connectivity index (χ4n) is 0.876.